The summed E-state index contributed by atoms with van der Waals surface area (Å²) in [5, 5.41) is 4.30. The molecule has 1 aliphatic rings. The molecule has 0 unspecified atom stereocenters. The molecule has 0 fully saturated rings. The van der Waals surface area contributed by atoms with Gasteiger partial charge in [0.05, 0.1) is 12.6 Å². The van der Waals surface area contributed by atoms with E-state index < -0.39 is 5.97 Å². The van der Waals surface area contributed by atoms with Crippen LogP contribution in [0.4, 0.5) is 0 Å². The van der Waals surface area contributed by atoms with Crippen molar-refractivity contribution in [2.45, 2.75) is 25.8 Å². The third kappa shape index (κ3) is 2.12. The van der Waals surface area contributed by atoms with Gasteiger partial charge in [0, 0.05) is 6.42 Å². The molecule has 5 nitrogen and oxygen atoms in total. The molecule has 1 aliphatic heterocycles. The summed E-state index contributed by atoms with van der Waals surface area (Å²) >= 11 is 0. The zero-order valence-electron chi connectivity index (χ0n) is 10.7. The highest BCUT2D eigenvalue weighted by Gasteiger charge is 2.28. The van der Waals surface area contributed by atoms with Gasteiger partial charge in [-0.15, -0.1) is 5.10 Å². The maximum absolute atomic E-state index is 11.6. The summed E-state index contributed by atoms with van der Waals surface area (Å²) in [7, 11) is 0. The fraction of sp³-hybridized carbons (Fsp3) is 0.357. The quantitative estimate of drug-likeness (QED) is 0.789. The van der Waals surface area contributed by atoms with Crippen molar-refractivity contribution in [2.24, 2.45) is 0 Å². The molecule has 0 aliphatic carbocycles. The van der Waals surface area contributed by atoms with Crippen LogP contribution in [0.1, 0.15) is 41.4 Å². The number of carbonyl (C=O) groups excluding carboxylic acids is 1. The minimum absolute atomic E-state index is 0.164. The van der Waals surface area contributed by atoms with Crippen LogP contribution in [0.25, 0.3) is 0 Å². The van der Waals surface area contributed by atoms with Crippen molar-refractivity contribution in [3.05, 3.63) is 47.5 Å². The smallest absolute Gasteiger partial charge is 0.378 e. The average molecular weight is 257 g/mol. The number of ether oxygens (including phenoxy) is 1. The zero-order chi connectivity index (χ0) is 13.2. The molecule has 0 saturated carbocycles. The predicted octanol–water partition coefficient (Wildman–Crippen LogP) is 1.99. The number of hydrogen-bond donors (Lipinski definition) is 0. The van der Waals surface area contributed by atoms with Crippen LogP contribution in [0.2, 0.25) is 0 Å². The van der Waals surface area contributed by atoms with Crippen LogP contribution < -0.4 is 0 Å². The molecule has 2 aromatic rings. The highest BCUT2D eigenvalue weighted by molar-refractivity contribution is 5.85. The minimum Gasteiger partial charge on any atom is -0.460 e. The van der Waals surface area contributed by atoms with E-state index in [0.29, 0.717) is 6.61 Å². The third-order valence-electron chi connectivity index (χ3n) is 3.28. The van der Waals surface area contributed by atoms with Gasteiger partial charge in [-0.05, 0) is 18.9 Å². The van der Waals surface area contributed by atoms with E-state index in [1.807, 2.05) is 22.9 Å². The first-order chi connectivity index (χ1) is 9.29. The van der Waals surface area contributed by atoms with E-state index in [1.165, 1.54) is 5.56 Å². The van der Waals surface area contributed by atoms with Gasteiger partial charge in [-0.1, -0.05) is 30.3 Å². The maximum atomic E-state index is 11.6. The Bertz CT molecular complexity index is 592. The predicted molar refractivity (Wildman–Crippen MR) is 68.9 cm³/mol. The van der Waals surface area contributed by atoms with Crippen molar-refractivity contribution < 1.29 is 9.53 Å². The molecule has 1 aromatic carbocycles. The Balaban J connectivity index is 1.90. The molecular formula is C14H15N3O2. The van der Waals surface area contributed by atoms with E-state index in [-0.39, 0.29) is 11.9 Å². The minimum atomic E-state index is -0.448. The van der Waals surface area contributed by atoms with Gasteiger partial charge >= 0.3 is 5.97 Å². The monoisotopic (exact) mass is 257 g/mol. The number of benzene rings is 1. The van der Waals surface area contributed by atoms with Gasteiger partial charge in [-0.3, -0.25) is 0 Å². The lowest BCUT2D eigenvalue weighted by Crippen LogP contribution is -2.11. The Hall–Kier alpha value is -2.17. The van der Waals surface area contributed by atoms with E-state index in [1.54, 1.807) is 6.92 Å². The number of hydrogen-bond acceptors (Lipinski definition) is 4. The van der Waals surface area contributed by atoms with Crippen LogP contribution in [0.5, 0.6) is 0 Å². The number of nitrogens with zero attached hydrogens (tertiary/aromatic N) is 3. The van der Waals surface area contributed by atoms with Crippen molar-refractivity contribution in [2.75, 3.05) is 6.61 Å². The molecule has 0 amide bonds. The van der Waals surface area contributed by atoms with Crippen LogP contribution in [0, 0.1) is 0 Å². The molecule has 0 radical (unpaired) electrons. The Morgan fingerprint density at radius 3 is 2.95 bits per heavy atom. The summed E-state index contributed by atoms with van der Waals surface area (Å²) in [5.74, 6) is 0.575. The van der Waals surface area contributed by atoms with Crippen molar-refractivity contribution in [1.82, 2.24) is 14.8 Å². The van der Waals surface area contributed by atoms with Crippen molar-refractivity contribution >= 4 is 5.97 Å². The topological polar surface area (TPSA) is 57.0 Å². The van der Waals surface area contributed by atoms with Crippen molar-refractivity contribution in [1.29, 1.82) is 0 Å². The molecular weight excluding hydrogens is 242 g/mol. The number of aromatic nitrogens is 3. The number of rotatable bonds is 3. The summed E-state index contributed by atoms with van der Waals surface area (Å²) in [6.07, 6.45) is 1.81. The summed E-state index contributed by atoms with van der Waals surface area (Å²) in [6, 6.07) is 10.3. The molecule has 1 aromatic heterocycles. The molecule has 98 valence electrons. The second-order valence-electron chi connectivity index (χ2n) is 4.48. The third-order valence-corrected chi connectivity index (χ3v) is 3.28. The molecule has 0 N–H and O–H groups in total. The number of carbonyl (C=O) groups is 1. The second-order valence-corrected chi connectivity index (χ2v) is 4.48. The van der Waals surface area contributed by atoms with Gasteiger partial charge in [0.25, 0.3) is 5.82 Å². The number of esters is 1. The normalized spacial score (nSPS) is 17.2. The maximum Gasteiger partial charge on any atom is 0.378 e. The molecule has 3 rings (SSSR count). The Morgan fingerprint density at radius 2 is 2.21 bits per heavy atom. The first-order valence-electron chi connectivity index (χ1n) is 6.47. The Kier molecular flexibility index (Phi) is 3.03. The Morgan fingerprint density at radius 1 is 1.42 bits per heavy atom. The lowest BCUT2D eigenvalue weighted by molar-refractivity contribution is 0.0511. The molecule has 0 bridgehead atoms. The molecule has 1 atom stereocenters. The zero-order valence-corrected chi connectivity index (χ0v) is 10.7. The van der Waals surface area contributed by atoms with Crippen molar-refractivity contribution in [3.63, 3.8) is 0 Å². The molecule has 2 heterocycles. The largest absolute Gasteiger partial charge is 0.460 e. The standard InChI is InChI=1S/C14H15N3O2/c1-2-19-14(18)13-15-12-9-8-11(17(12)16-13)10-6-4-3-5-7-10/h3-7,11H,2,8-9H2,1H3/t11-/m0/s1. The van der Waals surface area contributed by atoms with E-state index in [9.17, 15) is 4.79 Å². The highest BCUT2D eigenvalue weighted by atomic mass is 16.5. The van der Waals surface area contributed by atoms with Crippen molar-refractivity contribution in [3.8, 4) is 0 Å². The van der Waals surface area contributed by atoms with Gasteiger partial charge in [-0.25, -0.2) is 14.5 Å². The van der Waals surface area contributed by atoms with Crippen LogP contribution in [0.3, 0.4) is 0 Å². The Labute approximate surface area is 111 Å². The van der Waals surface area contributed by atoms with Crippen LogP contribution >= 0.6 is 0 Å². The first-order valence-corrected chi connectivity index (χ1v) is 6.47. The van der Waals surface area contributed by atoms with Gasteiger partial charge < -0.3 is 4.74 Å². The summed E-state index contributed by atoms with van der Waals surface area (Å²) in [4.78, 5) is 15.9. The van der Waals surface area contributed by atoms with E-state index in [4.69, 9.17) is 4.74 Å². The number of aryl methyl sites for hydroxylation is 1. The summed E-state index contributed by atoms with van der Waals surface area (Å²) < 4.78 is 6.78. The van der Waals surface area contributed by atoms with Gasteiger partial charge in [0.2, 0.25) is 0 Å². The molecule has 0 spiro atoms. The average Bonchev–Trinajstić information content (AvgIpc) is 2.99. The van der Waals surface area contributed by atoms with E-state index >= 15 is 0 Å². The molecule has 19 heavy (non-hydrogen) atoms. The van der Waals surface area contributed by atoms with E-state index in [2.05, 4.69) is 22.2 Å². The van der Waals surface area contributed by atoms with E-state index in [0.717, 1.165) is 18.7 Å². The molecule has 5 heteroatoms. The first kappa shape index (κ1) is 11.9. The van der Waals surface area contributed by atoms with Crippen LogP contribution in [0.15, 0.2) is 30.3 Å². The lowest BCUT2D eigenvalue weighted by Gasteiger charge is -2.11. The molecule has 0 saturated heterocycles. The van der Waals surface area contributed by atoms with Crippen LogP contribution in [-0.2, 0) is 11.2 Å². The fourth-order valence-electron chi connectivity index (χ4n) is 2.43. The van der Waals surface area contributed by atoms with Gasteiger partial charge in [0.1, 0.15) is 5.82 Å². The van der Waals surface area contributed by atoms with Crippen LogP contribution in [-0.4, -0.2) is 27.3 Å². The second kappa shape index (κ2) is 4.84. The summed E-state index contributed by atoms with van der Waals surface area (Å²) in [5.41, 5.74) is 1.20. The fourth-order valence-corrected chi connectivity index (χ4v) is 2.43. The lowest BCUT2D eigenvalue weighted by atomic mass is 10.1. The van der Waals surface area contributed by atoms with Gasteiger partial charge in [0.15, 0.2) is 0 Å². The number of fused-ring (bicyclic) bond motifs is 1. The summed E-state index contributed by atoms with van der Waals surface area (Å²) in [6.45, 7) is 2.11. The SMILES string of the molecule is CCOC(=O)c1nc2n(n1)[C@H](c1ccccc1)CC2. The highest BCUT2D eigenvalue weighted by Crippen LogP contribution is 2.30. The van der Waals surface area contributed by atoms with Gasteiger partial charge in [-0.2, -0.15) is 0 Å².